The SMILES string of the molecule is N#Cc1ccncc1C(=O)O. The molecule has 0 aromatic carbocycles. The average Bonchev–Trinajstić information content (AvgIpc) is 2.04. The minimum Gasteiger partial charge on any atom is -0.478 e. The Kier molecular flexibility index (Phi) is 1.83. The summed E-state index contributed by atoms with van der Waals surface area (Å²) in [4.78, 5) is 14.0. The van der Waals surface area contributed by atoms with Gasteiger partial charge >= 0.3 is 5.97 Å². The van der Waals surface area contributed by atoms with E-state index in [0.717, 1.165) is 6.20 Å². The van der Waals surface area contributed by atoms with Gasteiger partial charge in [0, 0.05) is 12.4 Å². The van der Waals surface area contributed by atoms with Crippen LogP contribution in [0.25, 0.3) is 0 Å². The molecule has 0 aliphatic rings. The lowest BCUT2D eigenvalue weighted by Crippen LogP contribution is -2.00. The number of hydrogen-bond acceptors (Lipinski definition) is 3. The monoisotopic (exact) mass is 148 g/mol. The normalized spacial score (nSPS) is 8.64. The second-order valence-corrected chi connectivity index (χ2v) is 1.84. The highest BCUT2D eigenvalue weighted by molar-refractivity contribution is 5.90. The maximum Gasteiger partial charge on any atom is 0.338 e. The van der Waals surface area contributed by atoms with E-state index in [1.54, 1.807) is 6.07 Å². The molecule has 1 aromatic heterocycles. The number of carboxylic acids is 1. The van der Waals surface area contributed by atoms with Gasteiger partial charge in [-0.15, -0.1) is 0 Å². The maximum absolute atomic E-state index is 10.4. The van der Waals surface area contributed by atoms with Crippen molar-refractivity contribution in [3.8, 4) is 6.07 Å². The molecular formula is C7H4N2O2. The van der Waals surface area contributed by atoms with Crippen LogP contribution in [0.4, 0.5) is 0 Å². The Labute approximate surface area is 62.7 Å². The van der Waals surface area contributed by atoms with Crippen LogP contribution in [0.2, 0.25) is 0 Å². The Morgan fingerprint density at radius 1 is 1.73 bits per heavy atom. The fourth-order valence-corrected chi connectivity index (χ4v) is 0.662. The third kappa shape index (κ3) is 1.33. The topological polar surface area (TPSA) is 74.0 Å². The van der Waals surface area contributed by atoms with Crippen molar-refractivity contribution in [2.45, 2.75) is 0 Å². The van der Waals surface area contributed by atoms with Crippen LogP contribution < -0.4 is 0 Å². The molecule has 0 aliphatic carbocycles. The van der Waals surface area contributed by atoms with E-state index in [0.29, 0.717) is 0 Å². The molecule has 4 nitrogen and oxygen atoms in total. The van der Waals surface area contributed by atoms with Crippen LogP contribution in [-0.4, -0.2) is 16.1 Å². The summed E-state index contributed by atoms with van der Waals surface area (Å²) in [7, 11) is 0. The van der Waals surface area contributed by atoms with Gasteiger partial charge in [-0.05, 0) is 6.07 Å². The molecule has 1 rings (SSSR count). The standard InChI is InChI=1S/C7H4N2O2/c8-3-5-1-2-9-4-6(5)7(10)11/h1-2,4H,(H,10,11). The number of aromatic nitrogens is 1. The van der Waals surface area contributed by atoms with E-state index in [1.165, 1.54) is 12.3 Å². The van der Waals surface area contributed by atoms with E-state index in [9.17, 15) is 4.79 Å². The molecule has 0 saturated heterocycles. The van der Waals surface area contributed by atoms with E-state index in [-0.39, 0.29) is 11.1 Å². The molecule has 54 valence electrons. The number of hydrogen-bond donors (Lipinski definition) is 1. The number of carboxylic acid groups (broad SMARTS) is 1. The number of aromatic carboxylic acids is 1. The third-order valence-corrected chi connectivity index (χ3v) is 1.17. The van der Waals surface area contributed by atoms with Gasteiger partial charge in [-0.2, -0.15) is 5.26 Å². The molecule has 1 heterocycles. The predicted octanol–water partition coefficient (Wildman–Crippen LogP) is 0.651. The van der Waals surface area contributed by atoms with Gasteiger partial charge < -0.3 is 5.11 Å². The van der Waals surface area contributed by atoms with E-state index in [1.807, 2.05) is 0 Å². The first-order chi connectivity index (χ1) is 5.25. The fraction of sp³-hybridized carbons (Fsp3) is 0. The zero-order chi connectivity index (χ0) is 8.27. The summed E-state index contributed by atoms with van der Waals surface area (Å²) in [5.41, 5.74) is 0.0718. The van der Waals surface area contributed by atoms with Crippen molar-refractivity contribution >= 4 is 5.97 Å². The fourth-order valence-electron chi connectivity index (χ4n) is 0.662. The van der Waals surface area contributed by atoms with E-state index >= 15 is 0 Å². The van der Waals surface area contributed by atoms with Gasteiger partial charge in [0.1, 0.15) is 6.07 Å². The molecular weight excluding hydrogens is 144 g/mol. The summed E-state index contributed by atoms with van der Waals surface area (Å²) in [6, 6.07) is 3.12. The van der Waals surface area contributed by atoms with Crippen molar-refractivity contribution in [1.29, 1.82) is 5.26 Å². The van der Waals surface area contributed by atoms with E-state index < -0.39 is 5.97 Å². The first kappa shape index (κ1) is 7.22. The van der Waals surface area contributed by atoms with Crippen molar-refractivity contribution in [3.05, 3.63) is 29.6 Å². The molecule has 0 atom stereocenters. The van der Waals surface area contributed by atoms with Gasteiger partial charge in [-0.25, -0.2) is 4.79 Å². The Bertz CT molecular complexity index is 327. The lowest BCUT2D eigenvalue weighted by Gasteiger charge is -1.93. The molecule has 1 N–H and O–H groups in total. The molecule has 0 unspecified atom stereocenters. The summed E-state index contributed by atoms with van der Waals surface area (Å²) in [6.45, 7) is 0. The number of pyridine rings is 1. The molecule has 1 aromatic rings. The smallest absolute Gasteiger partial charge is 0.338 e. The number of rotatable bonds is 1. The molecule has 0 amide bonds. The zero-order valence-corrected chi connectivity index (χ0v) is 5.48. The molecule has 11 heavy (non-hydrogen) atoms. The van der Waals surface area contributed by atoms with Crippen LogP contribution in [0.5, 0.6) is 0 Å². The predicted molar refractivity (Wildman–Crippen MR) is 35.9 cm³/mol. The molecule has 0 fully saturated rings. The Morgan fingerprint density at radius 3 is 2.91 bits per heavy atom. The van der Waals surface area contributed by atoms with Crippen molar-refractivity contribution in [2.24, 2.45) is 0 Å². The van der Waals surface area contributed by atoms with Gasteiger partial charge in [-0.1, -0.05) is 0 Å². The van der Waals surface area contributed by atoms with Crippen LogP contribution in [0.3, 0.4) is 0 Å². The summed E-state index contributed by atoms with van der Waals surface area (Å²) >= 11 is 0. The van der Waals surface area contributed by atoms with Crippen molar-refractivity contribution < 1.29 is 9.90 Å². The van der Waals surface area contributed by atoms with Crippen molar-refractivity contribution in [1.82, 2.24) is 4.98 Å². The van der Waals surface area contributed by atoms with Gasteiger partial charge in [0.05, 0.1) is 11.1 Å². The highest BCUT2D eigenvalue weighted by atomic mass is 16.4. The maximum atomic E-state index is 10.4. The van der Waals surface area contributed by atoms with E-state index in [4.69, 9.17) is 10.4 Å². The molecule has 0 radical (unpaired) electrons. The van der Waals surface area contributed by atoms with E-state index in [2.05, 4.69) is 4.98 Å². The van der Waals surface area contributed by atoms with Gasteiger partial charge in [0.15, 0.2) is 0 Å². The summed E-state index contributed by atoms with van der Waals surface area (Å²) < 4.78 is 0. The van der Waals surface area contributed by atoms with Crippen molar-refractivity contribution in [2.75, 3.05) is 0 Å². The van der Waals surface area contributed by atoms with Gasteiger partial charge in [-0.3, -0.25) is 4.98 Å². The number of nitriles is 1. The van der Waals surface area contributed by atoms with Gasteiger partial charge in [0.25, 0.3) is 0 Å². The molecule has 4 heteroatoms. The Hall–Kier alpha value is -1.89. The molecule has 0 saturated carbocycles. The number of carbonyl (C=O) groups is 1. The first-order valence-corrected chi connectivity index (χ1v) is 2.83. The van der Waals surface area contributed by atoms with Crippen LogP contribution in [0.1, 0.15) is 15.9 Å². The molecule has 0 aliphatic heterocycles. The minimum absolute atomic E-state index is 0.0602. The third-order valence-electron chi connectivity index (χ3n) is 1.17. The lowest BCUT2D eigenvalue weighted by molar-refractivity contribution is 0.0696. The second-order valence-electron chi connectivity index (χ2n) is 1.84. The summed E-state index contributed by atoms with van der Waals surface area (Å²) in [5.74, 6) is -1.13. The first-order valence-electron chi connectivity index (χ1n) is 2.83. The molecule has 0 spiro atoms. The van der Waals surface area contributed by atoms with Gasteiger partial charge in [0.2, 0.25) is 0 Å². The van der Waals surface area contributed by atoms with Crippen LogP contribution in [0.15, 0.2) is 18.5 Å². The summed E-state index contributed by atoms with van der Waals surface area (Å²) in [5, 5.41) is 16.9. The largest absolute Gasteiger partial charge is 0.478 e. The Morgan fingerprint density at radius 2 is 2.45 bits per heavy atom. The van der Waals surface area contributed by atoms with Crippen LogP contribution >= 0.6 is 0 Å². The van der Waals surface area contributed by atoms with Crippen molar-refractivity contribution in [3.63, 3.8) is 0 Å². The minimum atomic E-state index is -1.13. The quantitative estimate of drug-likeness (QED) is 0.634. The highest BCUT2D eigenvalue weighted by Crippen LogP contribution is 2.03. The lowest BCUT2D eigenvalue weighted by atomic mass is 10.2. The van der Waals surface area contributed by atoms with Crippen LogP contribution in [0, 0.1) is 11.3 Å². The average molecular weight is 148 g/mol. The Balaban J connectivity index is 3.26. The molecule has 0 bridgehead atoms. The number of nitrogens with zero attached hydrogens (tertiary/aromatic N) is 2. The highest BCUT2D eigenvalue weighted by Gasteiger charge is 2.07. The summed E-state index contributed by atoms with van der Waals surface area (Å²) in [6.07, 6.45) is 2.53. The zero-order valence-electron chi connectivity index (χ0n) is 5.48. The van der Waals surface area contributed by atoms with Crippen LogP contribution in [-0.2, 0) is 0 Å². The second kappa shape index (κ2) is 2.80.